The Kier molecular flexibility index (Phi) is 4.48. The first-order valence-corrected chi connectivity index (χ1v) is 7.40. The molecule has 0 spiro atoms. The van der Waals surface area contributed by atoms with Crippen molar-refractivity contribution in [1.82, 2.24) is 9.29 Å². The van der Waals surface area contributed by atoms with Gasteiger partial charge in [0, 0.05) is 25.8 Å². The Hall–Kier alpha value is -1.06. The van der Waals surface area contributed by atoms with E-state index in [-0.39, 0.29) is 37.7 Å². The summed E-state index contributed by atoms with van der Waals surface area (Å²) in [6.07, 6.45) is 1.03. The largest absolute Gasteiger partial charge is 0.394 e. The maximum Gasteiger partial charge on any atom is 0.245 e. The summed E-state index contributed by atoms with van der Waals surface area (Å²) in [4.78, 5) is 4.11. The van der Waals surface area contributed by atoms with Gasteiger partial charge in [-0.25, -0.2) is 8.42 Å². The van der Waals surface area contributed by atoms with Gasteiger partial charge in [-0.15, -0.1) is 0 Å². The summed E-state index contributed by atoms with van der Waals surface area (Å²) in [6.45, 7) is 0.518. The van der Waals surface area contributed by atoms with Crippen LogP contribution in [0.5, 0.6) is 0 Å². The number of hydrogen-bond donors (Lipinski definition) is 2. The summed E-state index contributed by atoms with van der Waals surface area (Å²) in [5.41, 5.74) is 5.86. The monoisotopic (exact) mass is 287 g/mol. The Morgan fingerprint density at radius 2 is 2.37 bits per heavy atom. The lowest BCUT2D eigenvalue weighted by atomic mass is 10.3. The second kappa shape index (κ2) is 5.93. The van der Waals surface area contributed by atoms with Crippen LogP contribution in [-0.4, -0.2) is 55.2 Å². The molecule has 1 aromatic rings. The summed E-state index contributed by atoms with van der Waals surface area (Å²) >= 11 is 0. The molecule has 0 radical (unpaired) electrons. The molecular formula is C11H17N3O4S. The second-order valence-corrected chi connectivity index (χ2v) is 6.10. The summed E-state index contributed by atoms with van der Waals surface area (Å²) in [5, 5.41) is 9.07. The van der Waals surface area contributed by atoms with E-state index in [1.165, 1.54) is 16.6 Å². The van der Waals surface area contributed by atoms with Crippen molar-refractivity contribution in [2.75, 3.05) is 26.3 Å². The van der Waals surface area contributed by atoms with Crippen LogP contribution >= 0.6 is 0 Å². The second-order valence-electron chi connectivity index (χ2n) is 4.19. The van der Waals surface area contributed by atoms with Crippen LogP contribution in [-0.2, 0) is 21.3 Å². The van der Waals surface area contributed by atoms with Crippen molar-refractivity contribution in [3.63, 3.8) is 0 Å². The van der Waals surface area contributed by atoms with E-state index >= 15 is 0 Å². The Bertz CT molecular complexity index is 534. The third kappa shape index (κ3) is 2.93. The molecule has 1 atom stereocenters. The van der Waals surface area contributed by atoms with Gasteiger partial charge in [0.05, 0.1) is 25.0 Å². The van der Waals surface area contributed by atoms with Gasteiger partial charge in [-0.2, -0.15) is 4.31 Å². The van der Waals surface area contributed by atoms with Gasteiger partial charge in [0.2, 0.25) is 10.0 Å². The van der Waals surface area contributed by atoms with Crippen molar-refractivity contribution >= 4 is 10.0 Å². The van der Waals surface area contributed by atoms with E-state index in [1.807, 2.05) is 0 Å². The van der Waals surface area contributed by atoms with Gasteiger partial charge in [0.1, 0.15) is 4.90 Å². The molecule has 0 saturated carbocycles. The molecule has 1 unspecified atom stereocenters. The number of nitrogens with two attached hydrogens (primary N) is 1. The van der Waals surface area contributed by atoms with Crippen LogP contribution in [0.3, 0.4) is 0 Å². The van der Waals surface area contributed by atoms with E-state index < -0.39 is 16.1 Å². The summed E-state index contributed by atoms with van der Waals surface area (Å²) in [7, 11) is -3.65. The van der Waals surface area contributed by atoms with Crippen LogP contribution in [0.2, 0.25) is 0 Å². The molecule has 1 aliphatic rings. The molecule has 1 fully saturated rings. The lowest BCUT2D eigenvalue weighted by Gasteiger charge is -2.31. The van der Waals surface area contributed by atoms with Gasteiger partial charge in [-0.05, 0) is 12.1 Å². The maximum atomic E-state index is 12.5. The van der Waals surface area contributed by atoms with E-state index in [0.29, 0.717) is 5.69 Å². The van der Waals surface area contributed by atoms with Gasteiger partial charge in [0.15, 0.2) is 0 Å². The standard InChI is InChI=1S/C11H17N3O4S/c12-6-10-11(2-1-3-13-10)19(16,17)14-4-5-18-9(7-14)8-15/h1-3,9,15H,4-8,12H2. The van der Waals surface area contributed by atoms with E-state index in [2.05, 4.69) is 4.98 Å². The summed E-state index contributed by atoms with van der Waals surface area (Å²) in [6, 6.07) is 3.06. The third-order valence-electron chi connectivity index (χ3n) is 2.96. The number of ether oxygens (including phenoxy) is 1. The number of pyridine rings is 1. The fraction of sp³-hybridized carbons (Fsp3) is 0.545. The smallest absolute Gasteiger partial charge is 0.245 e. The molecule has 1 saturated heterocycles. The van der Waals surface area contributed by atoms with Crippen LogP contribution in [0.4, 0.5) is 0 Å². The fourth-order valence-electron chi connectivity index (χ4n) is 1.97. The number of morpholine rings is 1. The third-order valence-corrected chi connectivity index (χ3v) is 4.90. The first-order chi connectivity index (χ1) is 9.09. The lowest BCUT2D eigenvalue weighted by Crippen LogP contribution is -2.47. The molecule has 0 amide bonds. The number of sulfonamides is 1. The van der Waals surface area contributed by atoms with Crippen molar-refractivity contribution in [2.24, 2.45) is 5.73 Å². The quantitative estimate of drug-likeness (QED) is 0.730. The predicted molar refractivity (Wildman–Crippen MR) is 67.7 cm³/mol. The van der Waals surface area contributed by atoms with Crippen LogP contribution < -0.4 is 5.73 Å². The van der Waals surface area contributed by atoms with Crippen LogP contribution in [0, 0.1) is 0 Å². The molecule has 2 rings (SSSR count). The molecule has 106 valence electrons. The molecule has 1 aliphatic heterocycles. The van der Waals surface area contributed by atoms with Gasteiger partial charge in [0.25, 0.3) is 0 Å². The first-order valence-electron chi connectivity index (χ1n) is 5.96. The van der Waals surface area contributed by atoms with Gasteiger partial charge < -0.3 is 15.6 Å². The number of aromatic nitrogens is 1. The average Bonchev–Trinajstić information content (AvgIpc) is 2.47. The van der Waals surface area contributed by atoms with E-state index in [9.17, 15) is 8.42 Å². The van der Waals surface area contributed by atoms with Crippen molar-refractivity contribution in [2.45, 2.75) is 17.5 Å². The highest BCUT2D eigenvalue weighted by Gasteiger charge is 2.32. The Morgan fingerprint density at radius 3 is 3.05 bits per heavy atom. The molecule has 1 aromatic heterocycles. The number of aliphatic hydroxyl groups is 1. The van der Waals surface area contributed by atoms with Crippen LogP contribution in [0.15, 0.2) is 23.2 Å². The molecule has 3 N–H and O–H groups in total. The molecule has 7 nitrogen and oxygen atoms in total. The van der Waals surface area contributed by atoms with Gasteiger partial charge >= 0.3 is 0 Å². The maximum absolute atomic E-state index is 12.5. The molecule has 0 aliphatic carbocycles. The van der Waals surface area contributed by atoms with Gasteiger partial charge in [-0.3, -0.25) is 4.98 Å². The zero-order chi connectivity index (χ0) is 13.9. The minimum Gasteiger partial charge on any atom is -0.394 e. The number of aliphatic hydroxyl groups excluding tert-OH is 1. The van der Waals surface area contributed by atoms with Crippen molar-refractivity contribution < 1.29 is 18.3 Å². The highest BCUT2D eigenvalue weighted by molar-refractivity contribution is 7.89. The zero-order valence-electron chi connectivity index (χ0n) is 10.4. The average molecular weight is 287 g/mol. The SMILES string of the molecule is NCc1ncccc1S(=O)(=O)N1CCOC(CO)C1. The van der Waals surface area contributed by atoms with Gasteiger partial charge in [-0.1, -0.05) is 0 Å². The highest BCUT2D eigenvalue weighted by Crippen LogP contribution is 2.20. The number of rotatable bonds is 4. The molecule has 19 heavy (non-hydrogen) atoms. The van der Waals surface area contributed by atoms with E-state index in [4.69, 9.17) is 15.6 Å². The predicted octanol–water partition coefficient (Wildman–Crippen LogP) is -1.08. The van der Waals surface area contributed by atoms with Crippen LogP contribution in [0.25, 0.3) is 0 Å². The molecular weight excluding hydrogens is 270 g/mol. The molecule has 2 heterocycles. The Balaban J connectivity index is 2.31. The van der Waals surface area contributed by atoms with Crippen molar-refractivity contribution in [3.05, 3.63) is 24.0 Å². The first kappa shape index (κ1) is 14.4. The summed E-state index contributed by atoms with van der Waals surface area (Å²) < 4.78 is 31.6. The summed E-state index contributed by atoms with van der Waals surface area (Å²) in [5.74, 6) is 0. The normalized spacial score (nSPS) is 21.5. The van der Waals surface area contributed by atoms with Crippen LogP contribution in [0.1, 0.15) is 5.69 Å². The lowest BCUT2D eigenvalue weighted by molar-refractivity contribution is -0.0304. The fourth-order valence-corrected chi connectivity index (χ4v) is 3.61. The highest BCUT2D eigenvalue weighted by atomic mass is 32.2. The minimum atomic E-state index is -3.65. The number of nitrogens with zero attached hydrogens (tertiary/aromatic N) is 2. The molecule has 0 bridgehead atoms. The van der Waals surface area contributed by atoms with E-state index in [0.717, 1.165) is 0 Å². The van der Waals surface area contributed by atoms with Crippen molar-refractivity contribution in [3.8, 4) is 0 Å². The Labute approximate surface area is 112 Å². The zero-order valence-corrected chi connectivity index (χ0v) is 11.2. The van der Waals surface area contributed by atoms with E-state index in [1.54, 1.807) is 6.07 Å². The molecule has 0 aromatic carbocycles. The minimum absolute atomic E-state index is 0.0587. The number of hydrogen-bond acceptors (Lipinski definition) is 6. The van der Waals surface area contributed by atoms with Crippen molar-refractivity contribution in [1.29, 1.82) is 0 Å². The Morgan fingerprint density at radius 1 is 1.58 bits per heavy atom. The topological polar surface area (TPSA) is 106 Å². The molecule has 8 heteroatoms.